The summed E-state index contributed by atoms with van der Waals surface area (Å²) >= 11 is 0. The van der Waals surface area contributed by atoms with Gasteiger partial charge in [-0.1, -0.05) is 24.3 Å². The Morgan fingerprint density at radius 3 is 1.75 bits per heavy atom. The first kappa shape index (κ1) is 13.2. The van der Waals surface area contributed by atoms with Gasteiger partial charge in [0.15, 0.2) is 0 Å². The zero-order valence-electron chi connectivity index (χ0n) is 10.4. The molecule has 4 nitrogen and oxygen atoms in total. The number of nitrogens with zero attached hydrogens (tertiary/aromatic N) is 2. The molecule has 2 aromatic rings. The molecule has 0 amide bonds. The van der Waals surface area contributed by atoms with Crippen LogP contribution in [0.15, 0.2) is 48.5 Å². The van der Waals surface area contributed by atoms with E-state index in [1.54, 1.807) is 24.3 Å². The van der Waals surface area contributed by atoms with Gasteiger partial charge in [-0.3, -0.25) is 0 Å². The number of phenolic OH excluding ortho intramolecular Hbond substituents is 2. The summed E-state index contributed by atoms with van der Waals surface area (Å²) in [5.41, 5.74) is 1.55. The molecule has 0 aromatic heterocycles. The summed E-state index contributed by atoms with van der Waals surface area (Å²) in [4.78, 5) is 3.42. The number of benzene rings is 2. The Hall–Kier alpha value is -3.24. The molecule has 2 aromatic carbocycles. The first-order valence-corrected chi connectivity index (χ1v) is 5.76. The molecule has 0 spiro atoms. The standard InChI is InChI=1S/C16H10N2O2/c1-18-16(12-4-8-14(20)9-5-12)15(10-17)11-2-6-13(19)7-3-11/h2-9,19-20H. The molecule has 0 heterocycles. The molecule has 0 aliphatic heterocycles. The monoisotopic (exact) mass is 262 g/mol. The summed E-state index contributed by atoms with van der Waals surface area (Å²) < 4.78 is 0. The first-order valence-electron chi connectivity index (χ1n) is 5.76. The van der Waals surface area contributed by atoms with Gasteiger partial charge < -0.3 is 10.2 Å². The van der Waals surface area contributed by atoms with E-state index in [2.05, 4.69) is 4.85 Å². The Balaban J connectivity index is 2.60. The normalized spacial score (nSPS) is 11.1. The highest BCUT2D eigenvalue weighted by atomic mass is 16.3. The summed E-state index contributed by atoms with van der Waals surface area (Å²) in [5, 5.41) is 27.8. The molecule has 0 bridgehead atoms. The summed E-state index contributed by atoms with van der Waals surface area (Å²) in [5.74, 6) is 0.196. The van der Waals surface area contributed by atoms with Crippen LogP contribution >= 0.6 is 0 Å². The van der Waals surface area contributed by atoms with Crippen molar-refractivity contribution in [2.45, 2.75) is 0 Å². The van der Waals surface area contributed by atoms with Crippen LogP contribution in [0.2, 0.25) is 0 Å². The third kappa shape index (κ3) is 2.60. The first-order chi connectivity index (χ1) is 9.65. The molecule has 96 valence electrons. The topological polar surface area (TPSA) is 68.6 Å². The molecule has 0 aliphatic rings. The Kier molecular flexibility index (Phi) is 3.70. The van der Waals surface area contributed by atoms with Crippen LogP contribution in [-0.4, -0.2) is 10.2 Å². The van der Waals surface area contributed by atoms with Crippen molar-refractivity contribution in [1.29, 1.82) is 5.26 Å². The van der Waals surface area contributed by atoms with E-state index in [0.29, 0.717) is 11.1 Å². The van der Waals surface area contributed by atoms with Crippen LogP contribution in [0.1, 0.15) is 11.1 Å². The largest absolute Gasteiger partial charge is 0.508 e. The van der Waals surface area contributed by atoms with E-state index in [1.807, 2.05) is 6.07 Å². The number of allylic oxidation sites excluding steroid dienone is 1. The average Bonchev–Trinajstić information content (AvgIpc) is 2.47. The van der Waals surface area contributed by atoms with Gasteiger partial charge in [-0.25, -0.2) is 4.85 Å². The number of aromatic hydroxyl groups is 2. The molecular formula is C16H10N2O2. The van der Waals surface area contributed by atoms with Crippen molar-refractivity contribution in [2.24, 2.45) is 0 Å². The predicted molar refractivity (Wildman–Crippen MR) is 75.2 cm³/mol. The highest BCUT2D eigenvalue weighted by Gasteiger charge is 2.12. The van der Waals surface area contributed by atoms with E-state index in [0.717, 1.165) is 0 Å². The minimum Gasteiger partial charge on any atom is -0.508 e. The molecule has 20 heavy (non-hydrogen) atoms. The average molecular weight is 262 g/mol. The van der Waals surface area contributed by atoms with Gasteiger partial charge in [0.2, 0.25) is 5.70 Å². The fourth-order valence-electron chi connectivity index (χ4n) is 1.77. The second-order valence-corrected chi connectivity index (χ2v) is 4.04. The van der Waals surface area contributed by atoms with E-state index < -0.39 is 0 Å². The van der Waals surface area contributed by atoms with E-state index in [1.165, 1.54) is 24.3 Å². The van der Waals surface area contributed by atoms with Gasteiger partial charge in [-0.2, -0.15) is 5.26 Å². The highest BCUT2D eigenvalue weighted by molar-refractivity contribution is 5.99. The summed E-state index contributed by atoms with van der Waals surface area (Å²) in [6, 6.07) is 14.2. The lowest BCUT2D eigenvalue weighted by Gasteiger charge is -2.05. The lowest BCUT2D eigenvalue weighted by Crippen LogP contribution is -1.87. The zero-order valence-corrected chi connectivity index (χ0v) is 10.4. The number of rotatable bonds is 2. The quantitative estimate of drug-likeness (QED) is 0.495. The van der Waals surface area contributed by atoms with Gasteiger partial charge in [0, 0.05) is 0 Å². The fraction of sp³-hybridized carbons (Fsp3) is 0. The lowest BCUT2D eigenvalue weighted by atomic mass is 10.0. The molecule has 2 N–H and O–H groups in total. The maximum Gasteiger partial charge on any atom is 0.212 e. The third-order valence-corrected chi connectivity index (χ3v) is 2.76. The molecule has 4 heteroatoms. The Bertz CT molecular complexity index is 665. The van der Waals surface area contributed by atoms with E-state index >= 15 is 0 Å². The second kappa shape index (κ2) is 5.60. The van der Waals surface area contributed by atoms with E-state index in [4.69, 9.17) is 6.57 Å². The molecule has 0 saturated heterocycles. The van der Waals surface area contributed by atoms with E-state index in [-0.39, 0.29) is 22.8 Å². The van der Waals surface area contributed by atoms with Gasteiger partial charge in [0.25, 0.3) is 0 Å². The predicted octanol–water partition coefficient (Wildman–Crippen LogP) is 3.41. The van der Waals surface area contributed by atoms with Gasteiger partial charge in [-0.15, -0.1) is 0 Å². The maximum atomic E-state index is 9.30. The molecule has 0 aliphatic carbocycles. The van der Waals surface area contributed by atoms with Crippen molar-refractivity contribution in [2.75, 3.05) is 0 Å². The maximum absolute atomic E-state index is 9.30. The summed E-state index contributed by atoms with van der Waals surface area (Å²) in [6.07, 6.45) is 0. The molecule has 2 rings (SSSR count). The van der Waals surface area contributed by atoms with Crippen LogP contribution in [0.25, 0.3) is 16.1 Å². The van der Waals surface area contributed by atoms with Crippen LogP contribution in [-0.2, 0) is 0 Å². The highest BCUT2D eigenvalue weighted by Crippen LogP contribution is 2.29. The zero-order chi connectivity index (χ0) is 14.5. The number of phenols is 2. The molecular weight excluding hydrogens is 252 g/mol. The molecule has 0 saturated carbocycles. The minimum absolute atomic E-state index is 0.0973. The van der Waals surface area contributed by atoms with Crippen LogP contribution < -0.4 is 0 Å². The van der Waals surface area contributed by atoms with Crippen molar-refractivity contribution in [3.05, 3.63) is 71.1 Å². The molecule has 0 fully saturated rings. The van der Waals surface area contributed by atoms with Crippen molar-refractivity contribution >= 4 is 11.3 Å². The van der Waals surface area contributed by atoms with Gasteiger partial charge in [0.05, 0.1) is 18.2 Å². The lowest BCUT2D eigenvalue weighted by molar-refractivity contribution is 0.474. The smallest absolute Gasteiger partial charge is 0.212 e. The number of nitriles is 1. The molecule has 0 unspecified atom stereocenters. The SMILES string of the molecule is [C-]#[N+]C(=C(C#N)c1ccc(O)cc1)c1ccc(O)cc1. The molecule has 0 atom stereocenters. The Morgan fingerprint density at radius 2 is 1.35 bits per heavy atom. The van der Waals surface area contributed by atoms with Gasteiger partial charge >= 0.3 is 0 Å². The molecule has 0 radical (unpaired) electrons. The number of hydrogen-bond acceptors (Lipinski definition) is 3. The van der Waals surface area contributed by atoms with Crippen molar-refractivity contribution in [3.8, 4) is 17.6 Å². The Labute approximate surface area is 116 Å². The van der Waals surface area contributed by atoms with Gasteiger partial charge in [-0.05, 0) is 35.4 Å². The fourth-order valence-corrected chi connectivity index (χ4v) is 1.77. The van der Waals surface area contributed by atoms with Crippen LogP contribution in [0.5, 0.6) is 11.5 Å². The van der Waals surface area contributed by atoms with Crippen molar-refractivity contribution in [1.82, 2.24) is 0 Å². The van der Waals surface area contributed by atoms with Crippen LogP contribution in [0, 0.1) is 17.9 Å². The minimum atomic E-state index is 0.0973. The van der Waals surface area contributed by atoms with Crippen LogP contribution in [0.4, 0.5) is 0 Å². The summed E-state index contributed by atoms with van der Waals surface area (Å²) in [6.45, 7) is 7.28. The van der Waals surface area contributed by atoms with Crippen molar-refractivity contribution in [3.63, 3.8) is 0 Å². The number of hydrogen-bond donors (Lipinski definition) is 2. The third-order valence-electron chi connectivity index (χ3n) is 2.76. The Morgan fingerprint density at radius 1 is 0.900 bits per heavy atom. The van der Waals surface area contributed by atoms with Crippen molar-refractivity contribution < 1.29 is 10.2 Å². The van der Waals surface area contributed by atoms with E-state index in [9.17, 15) is 15.5 Å². The van der Waals surface area contributed by atoms with Crippen LogP contribution in [0.3, 0.4) is 0 Å². The van der Waals surface area contributed by atoms with Gasteiger partial charge in [0.1, 0.15) is 11.5 Å². The summed E-state index contributed by atoms with van der Waals surface area (Å²) in [7, 11) is 0. The second-order valence-electron chi connectivity index (χ2n) is 4.04.